The summed E-state index contributed by atoms with van der Waals surface area (Å²) in [6.45, 7) is 2.14. The van der Waals surface area contributed by atoms with Gasteiger partial charge < -0.3 is 2.85 Å². The van der Waals surface area contributed by atoms with Crippen molar-refractivity contribution in [3.63, 3.8) is 0 Å². The average Bonchev–Trinajstić information content (AvgIpc) is 2.06. The molecule has 0 unspecified atom stereocenters. The van der Waals surface area contributed by atoms with Gasteiger partial charge in [0.1, 0.15) is 0 Å². The third-order valence-corrected chi connectivity index (χ3v) is 2.01. The number of fused-ring (bicyclic) bond motifs is 1. The van der Waals surface area contributed by atoms with Crippen molar-refractivity contribution in [2.45, 2.75) is 6.92 Å². The van der Waals surface area contributed by atoms with E-state index in [-0.39, 0.29) is 22.3 Å². The Morgan fingerprint density at radius 1 is 0.917 bits per heavy atom. The predicted octanol–water partition coefficient (Wildman–Crippen LogP) is 3.37. The average molecular weight is 245 g/mol. The van der Waals surface area contributed by atoms with Crippen LogP contribution in [0.4, 0.5) is 0 Å². The summed E-state index contributed by atoms with van der Waals surface area (Å²) in [4.78, 5) is 0. The molecule has 2 aromatic rings. The zero-order chi connectivity index (χ0) is 7.68. The molecular formula is C11H12Ru. The van der Waals surface area contributed by atoms with E-state index in [4.69, 9.17) is 0 Å². The van der Waals surface area contributed by atoms with Crippen LogP contribution in [0.15, 0.2) is 42.5 Å². The van der Waals surface area contributed by atoms with Crippen molar-refractivity contribution in [3.8, 4) is 0 Å². The minimum atomic E-state index is 0. The summed E-state index contributed by atoms with van der Waals surface area (Å²) in [6.07, 6.45) is 0. The van der Waals surface area contributed by atoms with Gasteiger partial charge in [0.15, 0.2) is 0 Å². The second-order valence-electron chi connectivity index (χ2n) is 2.80. The molecule has 0 spiro atoms. The van der Waals surface area contributed by atoms with E-state index < -0.39 is 0 Å². The molecule has 0 saturated heterocycles. The third kappa shape index (κ3) is 1.56. The van der Waals surface area contributed by atoms with Gasteiger partial charge in [-0.05, 0) is 23.3 Å². The van der Waals surface area contributed by atoms with Crippen LogP contribution in [0.5, 0.6) is 0 Å². The monoisotopic (exact) mass is 246 g/mol. The first kappa shape index (κ1) is 9.41. The summed E-state index contributed by atoms with van der Waals surface area (Å²) in [6, 6.07) is 14.8. The first-order valence-corrected chi connectivity index (χ1v) is 3.82. The molecule has 0 bridgehead atoms. The minimum absolute atomic E-state index is 0. The van der Waals surface area contributed by atoms with Crippen LogP contribution < -0.4 is 0 Å². The zero-order valence-electron chi connectivity index (χ0n) is 8.90. The predicted molar refractivity (Wildman–Crippen MR) is 50.9 cm³/mol. The van der Waals surface area contributed by atoms with Gasteiger partial charge in [0.25, 0.3) is 0 Å². The van der Waals surface area contributed by atoms with E-state index in [1.807, 2.05) is 0 Å². The van der Waals surface area contributed by atoms with Crippen LogP contribution in [0.25, 0.3) is 10.8 Å². The smallest absolute Gasteiger partial charge is 1.00 e. The van der Waals surface area contributed by atoms with Gasteiger partial charge in [0.05, 0.1) is 0 Å². The molecule has 0 heterocycles. The van der Waals surface area contributed by atoms with Crippen molar-refractivity contribution in [1.82, 2.24) is 0 Å². The molecule has 0 aliphatic carbocycles. The minimum Gasteiger partial charge on any atom is -1.00 e. The van der Waals surface area contributed by atoms with Gasteiger partial charge in [0.2, 0.25) is 0 Å². The number of hydrogen-bond acceptors (Lipinski definition) is 0. The van der Waals surface area contributed by atoms with Gasteiger partial charge in [-0.2, -0.15) is 0 Å². The number of aryl methyl sites for hydroxylation is 1. The summed E-state index contributed by atoms with van der Waals surface area (Å²) < 4.78 is 0. The summed E-state index contributed by atoms with van der Waals surface area (Å²) in [7, 11) is 0. The Labute approximate surface area is 88.3 Å². The topological polar surface area (TPSA) is 0 Å². The second-order valence-corrected chi connectivity index (χ2v) is 2.80. The Morgan fingerprint density at radius 2 is 1.58 bits per heavy atom. The maximum absolute atomic E-state index is 2.16. The fourth-order valence-corrected chi connectivity index (χ4v) is 1.39. The molecule has 0 aliphatic heterocycles. The van der Waals surface area contributed by atoms with E-state index in [0.29, 0.717) is 0 Å². The normalized spacial score (nSPS) is 9.42. The summed E-state index contributed by atoms with van der Waals surface area (Å²) >= 11 is 0. The van der Waals surface area contributed by atoms with E-state index in [1.165, 1.54) is 16.3 Å². The molecule has 0 saturated carbocycles. The van der Waals surface area contributed by atoms with Crippen LogP contribution in [0.3, 0.4) is 0 Å². The maximum Gasteiger partial charge on any atom is 2.00 e. The Hall–Kier alpha value is -0.677. The maximum atomic E-state index is 2.16. The van der Waals surface area contributed by atoms with E-state index in [1.54, 1.807) is 0 Å². The number of benzene rings is 2. The largest absolute Gasteiger partial charge is 2.00 e. The van der Waals surface area contributed by atoms with Crippen molar-refractivity contribution < 1.29 is 22.3 Å². The van der Waals surface area contributed by atoms with Crippen LogP contribution in [0.2, 0.25) is 0 Å². The quantitative estimate of drug-likeness (QED) is 0.624. The summed E-state index contributed by atoms with van der Waals surface area (Å²) in [5.74, 6) is 0. The molecular weight excluding hydrogens is 233 g/mol. The molecule has 0 radical (unpaired) electrons. The zero-order valence-corrected chi connectivity index (χ0v) is 8.63. The molecule has 0 N–H and O–H groups in total. The van der Waals surface area contributed by atoms with Gasteiger partial charge >= 0.3 is 19.5 Å². The van der Waals surface area contributed by atoms with Gasteiger partial charge in [-0.15, -0.1) is 0 Å². The molecule has 64 valence electrons. The molecule has 0 fully saturated rings. The van der Waals surface area contributed by atoms with Gasteiger partial charge in [-0.3, -0.25) is 0 Å². The third-order valence-electron chi connectivity index (χ3n) is 2.01. The summed E-state index contributed by atoms with van der Waals surface area (Å²) in [5.41, 5.74) is 1.35. The van der Waals surface area contributed by atoms with E-state index >= 15 is 0 Å². The first-order valence-electron chi connectivity index (χ1n) is 3.82. The molecule has 0 amide bonds. The first-order chi connectivity index (χ1) is 5.38. The van der Waals surface area contributed by atoms with Crippen molar-refractivity contribution in [3.05, 3.63) is 48.0 Å². The van der Waals surface area contributed by atoms with Crippen molar-refractivity contribution in [2.24, 2.45) is 0 Å². The fraction of sp³-hybridized carbons (Fsp3) is 0.0909. The molecule has 12 heavy (non-hydrogen) atoms. The Balaban J connectivity index is 0. The molecule has 2 rings (SSSR count). The number of rotatable bonds is 0. The van der Waals surface area contributed by atoms with Crippen molar-refractivity contribution >= 4 is 10.8 Å². The van der Waals surface area contributed by atoms with Crippen molar-refractivity contribution in [2.75, 3.05) is 0 Å². The molecule has 1 heteroatoms. The van der Waals surface area contributed by atoms with Gasteiger partial charge in [-0.1, -0.05) is 42.5 Å². The van der Waals surface area contributed by atoms with Crippen LogP contribution in [0.1, 0.15) is 8.42 Å². The Morgan fingerprint density at radius 3 is 2.33 bits per heavy atom. The second kappa shape index (κ2) is 3.82. The molecule has 0 atom stereocenters. The van der Waals surface area contributed by atoms with Gasteiger partial charge in [0, 0.05) is 0 Å². The van der Waals surface area contributed by atoms with E-state index in [9.17, 15) is 0 Å². The molecule has 0 aromatic heterocycles. The fourth-order valence-electron chi connectivity index (χ4n) is 1.39. The van der Waals surface area contributed by atoms with Gasteiger partial charge in [-0.25, -0.2) is 0 Å². The molecule has 2 aromatic carbocycles. The van der Waals surface area contributed by atoms with E-state index in [2.05, 4.69) is 49.4 Å². The van der Waals surface area contributed by atoms with Crippen LogP contribution in [-0.2, 0) is 19.5 Å². The Kier molecular flexibility index (Phi) is 3.00. The standard InChI is InChI=1S/C11H10.Ru.2H/c1-9-5-4-7-10-6-2-3-8-11(9)10;;;/h2-8H,1H3;;;/q;+2;2*-1. The SMILES string of the molecule is Cc1cccc2ccccc12.[H-].[H-].[Ru+2]. The molecule has 0 aliphatic rings. The summed E-state index contributed by atoms with van der Waals surface area (Å²) in [5, 5.41) is 2.68. The Bertz CT molecular complexity index is 382. The van der Waals surface area contributed by atoms with Crippen LogP contribution in [0, 0.1) is 6.92 Å². The van der Waals surface area contributed by atoms with Crippen molar-refractivity contribution in [1.29, 1.82) is 0 Å². The van der Waals surface area contributed by atoms with E-state index in [0.717, 1.165) is 0 Å². The van der Waals surface area contributed by atoms with Crippen LogP contribution in [-0.4, -0.2) is 0 Å². The number of hydrogen-bond donors (Lipinski definition) is 0. The molecule has 0 nitrogen and oxygen atoms in total. The van der Waals surface area contributed by atoms with Crippen LogP contribution >= 0.6 is 0 Å².